The molecular formula is C16H21FO2. The molecule has 0 spiro atoms. The quantitative estimate of drug-likeness (QED) is 0.552. The second-order valence-corrected chi connectivity index (χ2v) is 4.64. The second-order valence-electron chi connectivity index (χ2n) is 4.64. The van der Waals surface area contributed by atoms with Crippen LogP contribution in [0.5, 0.6) is 0 Å². The molecule has 0 radical (unpaired) electrons. The fourth-order valence-electron chi connectivity index (χ4n) is 1.58. The van der Waals surface area contributed by atoms with Crippen LogP contribution in [0.4, 0.5) is 4.39 Å². The van der Waals surface area contributed by atoms with E-state index < -0.39 is 12.1 Å². The molecule has 3 heteroatoms. The number of halogens is 1. The number of rotatable bonds is 7. The number of alkyl halides is 1. The Labute approximate surface area is 114 Å². The third-order valence-electron chi connectivity index (χ3n) is 3.05. The van der Waals surface area contributed by atoms with E-state index in [1.54, 1.807) is 6.92 Å². The number of carbonyl (C=O) groups is 1. The number of ether oxygens (including phenoxy) is 1. The van der Waals surface area contributed by atoms with Crippen LogP contribution in [0.2, 0.25) is 0 Å². The van der Waals surface area contributed by atoms with Gasteiger partial charge in [0.1, 0.15) is 6.17 Å². The first-order chi connectivity index (χ1) is 9.04. The minimum absolute atomic E-state index is 0.0868. The van der Waals surface area contributed by atoms with Gasteiger partial charge in [-0.25, -0.2) is 9.18 Å². The van der Waals surface area contributed by atoms with Crippen LogP contribution in [0.3, 0.4) is 0 Å². The Morgan fingerprint density at radius 2 is 2.00 bits per heavy atom. The maximum absolute atomic E-state index is 13.9. The molecule has 2 unspecified atom stereocenters. The zero-order chi connectivity index (χ0) is 14.3. The van der Waals surface area contributed by atoms with E-state index in [-0.39, 0.29) is 18.1 Å². The van der Waals surface area contributed by atoms with Crippen molar-refractivity contribution in [2.75, 3.05) is 0 Å². The molecule has 0 N–H and O–H groups in total. The molecule has 0 saturated heterocycles. The monoisotopic (exact) mass is 264 g/mol. The number of aryl methyl sites for hydroxylation is 1. The van der Waals surface area contributed by atoms with Crippen LogP contribution in [0, 0.1) is 0 Å². The number of esters is 1. The number of carbonyl (C=O) groups excluding carboxylic acids is 1. The van der Waals surface area contributed by atoms with Crippen molar-refractivity contribution in [3.8, 4) is 0 Å². The van der Waals surface area contributed by atoms with Gasteiger partial charge in [-0.05, 0) is 31.7 Å². The molecule has 2 atom stereocenters. The second kappa shape index (κ2) is 7.72. The van der Waals surface area contributed by atoms with E-state index in [0.29, 0.717) is 12.8 Å². The Bertz CT molecular complexity index is 414. The van der Waals surface area contributed by atoms with Gasteiger partial charge in [-0.2, -0.15) is 0 Å². The molecular weight excluding hydrogens is 243 g/mol. The maximum Gasteiger partial charge on any atom is 0.336 e. The van der Waals surface area contributed by atoms with Gasteiger partial charge in [0.05, 0.1) is 11.7 Å². The van der Waals surface area contributed by atoms with Crippen LogP contribution >= 0.6 is 0 Å². The third kappa shape index (κ3) is 5.25. The topological polar surface area (TPSA) is 26.3 Å². The predicted octanol–water partition coefficient (Wildman–Crippen LogP) is 3.86. The highest BCUT2D eigenvalue weighted by molar-refractivity contribution is 5.88. The van der Waals surface area contributed by atoms with Crippen molar-refractivity contribution < 1.29 is 13.9 Å². The van der Waals surface area contributed by atoms with E-state index in [4.69, 9.17) is 4.74 Å². The van der Waals surface area contributed by atoms with Crippen molar-refractivity contribution in [1.82, 2.24) is 0 Å². The highest BCUT2D eigenvalue weighted by atomic mass is 19.1. The van der Waals surface area contributed by atoms with Crippen molar-refractivity contribution in [2.45, 2.75) is 45.4 Å². The van der Waals surface area contributed by atoms with Gasteiger partial charge in [0, 0.05) is 0 Å². The van der Waals surface area contributed by atoms with Gasteiger partial charge in [0.15, 0.2) is 0 Å². The van der Waals surface area contributed by atoms with Gasteiger partial charge in [0.25, 0.3) is 0 Å². The summed E-state index contributed by atoms with van der Waals surface area (Å²) >= 11 is 0. The van der Waals surface area contributed by atoms with Gasteiger partial charge >= 0.3 is 5.97 Å². The zero-order valence-corrected chi connectivity index (χ0v) is 11.6. The summed E-state index contributed by atoms with van der Waals surface area (Å²) in [6.07, 6.45) is -0.0156. The first kappa shape index (κ1) is 15.4. The highest BCUT2D eigenvalue weighted by Crippen LogP contribution is 2.15. The van der Waals surface area contributed by atoms with Crippen LogP contribution in [-0.4, -0.2) is 18.2 Å². The smallest absolute Gasteiger partial charge is 0.336 e. The van der Waals surface area contributed by atoms with E-state index in [1.165, 1.54) is 0 Å². The SMILES string of the molecule is C=C(C(=O)OC(C)CC)C(F)CCc1ccccc1. The van der Waals surface area contributed by atoms with E-state index in [2.05, 4.69) is 6.58 Å². The minimum atomic E-state index is -1.35. The lowest BCUT2D eigenvalue weighted by atomic mass is 10.0. The lowest BCUT2D eigenvalue weighted by Crippen LogP contribution is -2.21. The molecule has 1 aromatic carbocycles. The Hall–Kier alpha value is -1.64. The summed E-state index contributed by atoms with van der Waals surface area (Å²) in [5.41, 5.74) is 0.962. The van der Waals surface area contributed by atoms with E-state index in [1.807, 2.05) is 37.3 Å². The molecule has 0 aromatic heterocycles. The average molecular weight is 264 g/mol. The molecule has 0 amide bonds. The van der Waals surface area contributed by atoms with Crippen LogP contribution in [0.15, 0.2) is 42.5 Å². The molecule has 0 aliphatic heterocycles. The van der Waals surface area contributed by atoms with Crippen LogP contribution < -0.4 is 0 Å². The summed E-state index contributed by atoms with van der Waals surface area (Å²) in [6, 6.07) is 9.61. The molecule has 2 nitrogen and oxygen atoms in total. The molecule has 1 aromatic rings. The van der Waals surface area contributed by atoms with E-state index >= 15 is 0 Å². The maximum atomic E-state index is 13.9. The fourth-order valence-corrected chi connectivity index (χ4v) is 1.58. The highest BCUT2D eigenvalue weighted by Gasteiger charge is 2.20. The van der Waals surface area contributed by atoms with Gasteiger partial charge in [-0.15, -0.1) is 0 Å². The van der Waals surface area contributed by atoms with E-state index in [0.717, 1.165) is 5.56 Å². The Morgan fingerprint density at radius 1 is 1.37 bits per heavy atom. The molecule has 19 heavy (non-hydrogen) atoms. The van der Waals surface area contributed by atoms with Crippen molar-refractivity contribution in [3.05, 3.63) is 48.0 Å². The normalized spacial score (nSPS) is 13.6. The molecule has 1 rings (SSSR count). The summed E-state index contributed by atoms with van der Waals surface area (Å²) in [4.78, 5) is 11.6. The lowest BCUT2D eigenvalue weighted by molar-refractivity contribution is -0.144. The van der Waals surface area contributed by atoms with Gasteiger partial charge in [-0.1, -0.05) is 43.8 Å². The molecule has 0 aliphatic rings. The first-order valence-electron chi connectivity index (χ1n) is 6.62. The average Bonchev–Trinajstić information content (AvgIpc) is 2.44. The number of hydrogen-bond donors (Lipinski definition) is 0. The minimum Gasteiger partial charge on any atom is -0.459 e. The molecule has 0 bridgehead atoms. The van der Waals surface area contributed by atoms with Crippen molar-refractivity contribution in [2.24, 2.45) is 0 Å². The van der Waals surface area contributed by atoms with Gasteiger partial charge in [-0.3, -0.25) is 0 Å². The summed E-state index contributed by atoms with van der Waals surface area (Å²) in [6.45, 7) is 7.19. The number of hydrogen-bond acceptors (Lipinski definition) is 2. The lowest BCUT2D eigenvalue weighted by Gasteiger charge is -2.14. The van der Waals surface area contributed by atoms with Crippen molar-refractivity contribution >= 4 is 5.97 Å². The summed E-state index contributed by atoms with van der Waals surface area (Å²) in [5, 5.41) is 0. The summed E-state index contributed by atoms with van der Waals surface area (Å²) in [5.74, 6) is -0.630. The largest absolute Gasteiger partial charge is 0.459 e. The number of benzene rings is 1. The summed E-state index contributed by atoms with van der Waals surface area (Å²) < 4.78 is 18.9. The Morgan fingerprint density at radius 3 is 2.58 bits per heavy atom. The van der Waals surface area contributed by atoms with Crippen LogP contribution in [0.25, 0.3) is 0 Å². The fraction of sp³-hybridized carbons (Fsp3) is 0.438. The van der Waals surface area contributed by atoms with Gasteiger partial charge < -0.3 is 4.74 Å². The molecule has 0 heterocycles. The molecule has 0 aliphatic carbocycles. The first-order valence-corrected chi connectivity index (χ1v) is 6.62. The summed E-state index contributed by atoms with van der Waals surface area (Å²) in [7, 11) is 0. The predicted molar refractivity (Wildman–Crippen MR) is 74.6 cm³/mol. The Kier molecular flexibility index (Phi) is 6.26. The van der Waals surface area contributed by atoms with Crippen molar-refractivity contribution in [1.29, 1.82) is 0 Å². The zero-order valence-electron chi connectivity index (χ0n) is 11.6. The van der Waals surface area contributed by atoms with Crippen molar-refractivity contribution in [3.63, 3.8) is 0 Å². The molecule has 0 saturated carbocycles. The molecule has 0 fully saturated rings. The van der Waals surface area contributed by atoms with E-state index in [9.17, 15) is 9.18 Å². The molecule has 104 valence electrons. The van der Waals surface area contributed by atoms with Gasteiger partial charge in [0.2, 0.25) is 0 Å². The standard InChI is InChI=1S/C16H21FO2/c1-4-12(2)19-16(18)13(3)15(17)11-10-14-8-6-5-7-9-14/h5-9,12,15H,3-4,10-11H2,1-2H3. The Balaban J connectivity index is 2.42. The van der Waals surface area contributed by atoms with Crippen LogP contribution in [0.1, 0.15) is 32.3 Å². The van der Waals surface area contributed by atoms with Crippen LogP contribution in [-0.2, 0) is 16.0 Å². The third-order valence-corrected chi connectivity index (χ3v) is 3.05.